The Morgan fingerprint density at radius 2 is 2.15 bits per heavy atom. The molecule has 1 aliphatic carbocycles. The number of thiocarbonyl (C=S) groups is 1. The number of hydrogen-bond donors (Lipinski definition) is 3. The molecule has 0 fully saturated rings. The van der Waals surface area contributed by atoms with E-state index in [1.165, 1.54) is 12.0 Å². The summed E-state index contributed by atoms with van der Waals surface area (Å²) in [4.78, 5) is 15.9. The minimum atomic E-state index is -0.347. The van der Waals surface area contributed by atoms with Gasteiger partial charge in [0, 0.05) is 18.2 Å². The summed E-state index contributed by atoms with van der Waals surface area (Å²) in [6.45, 7) is 1.88. The molecule has 2 rings (SSSR count). The molecule has 5 nitrogen and oxygen atoms in total. The Bertz CT molecular complexity index is 544. The largest absolute Gasteiger partial charge is 0.389 e. The predicted molar refractivity (Wildman–Crippen MR) is 83.7 cm³/mol. The number of rotatable bonds is 5. The van der Waals surface area contributed by atoms with Gasteiger partial charge < -0.3 is 16.8 Å². The molecule has 0 radical (unpaired) electrons. The Labute approximate surface area is 124 Å². The van der Waals surface area contributed by atoms with Crippen molar-refractivity contribution in [1.82, 2.24) is 4.98 Å². The van der Waals surface area contributed by atoms with Crippen LogP contribution in [0.25, 0.3) is 0 Å². The molecule has 0 aromatic carbocycles. The van der Waals surface area contributed by atoms with E-state index < -0.39 is 0 Å². The van der Waals surface area contributed by atoms with Crippen LogP contribution in [-0.4, -0.2) is 21.9 Å². The number of carbonyl (C=O) groups is 1. The third kappa shape index (κ3) is 3.45. The fraction of sp³-hybridized carbons (Fsp3) is 0.500. The van der Waals surface area contributed by atoms with Gasteiger partial charge in [0.15, 0.2) is 0 Å². The first-order chi connectivity index (χ1) is 9.47. The number of fused-ring (bicyclic) bond motifs is 1. The molecule has 20 heavy (non-hydrogen) atoms. The smallest absolute Gasteiger partial charge is 0.219 e. The Kier molecular flexibility index (Phi) is 4.54. The first kappa shape index (κ1) is 14.7. The average Bonchev–Trinajstić information content (AvgIpc) is 2.36. The van der Waals surface area contributed by atoms with Gasteiger partial charge >= 0.3 is 0 Å². The van der Waals surface area contributed by atoms with Crippen LogP contribution in [-0.2, 0) is 17.6 Å². The van der Waals surface area contributed by atoms with Crippen molar-refractivity contribution in [2.75, 3.05) is 5.32 Å². The molecule has 1 unspecified atom stereocenters. The van der Waals surface area contributed by atoms with Gasteiger partial charge in [-0.1, -0.05) is 12.2 Å². The fourth-order valence-corrected chi connectivity index (χ4v) is 2.67. The van der Waals surface area contributed by atoms with Gasteiger partial charge in [0.25, 0.3) is 0 Å². The van der Waals surface area contributed by atoms with Gasteiger partial charge in [0.05, 0.1) is 5.56 Å². The summed E-state index contributed by atoms with van der Waals surface area (Å²) in [6.07, 6.45) is 4.58. The van der Waals surface area contributed by atoms with Crippen LogP contribution in [0.5, 0.6) is 0 Å². The zero-order valence-electron chi connectivity index (χ0n) is 11.6. The highest BCUT2D eigenvalue weighted by atomic mass is 32.1. The summed E-state index contributed by atoms with van der Waals surface area (Å²) in [6, 6.07) is 1.93. The van der Waals surface area contributed by atoms with Crippen molar-refractivity contribution >= 4 is 28.9 Å². The standard InChI is InChI=1S/C14H20N4OS/c1-8(6-12(15)19)17-14-10(13(16)20)7-9-4-2-3-5-11(9)18-14/h7-8H,2-6H2,1H3,(H2,15,19)(H2,16,20)(H,17,18). The number of aryl methyl sites for hydroxylation is 2. The molecule has 5 N–H and O–H groups in total. The number of hydrogen-bond acceptors (Lipinski definition) is 4. The number of nitrogens with one attached hydrogen (secondary N) is 1. The lowest BCUT2D eigenvalue weighted by molar-refractivity contribution is -0.118. The number of carbonyl (C=O) groups excluding carboxylic acids is 1. The van der Waals surface area contributed by atoms with Crippen LogP contribution in [0.15, 0.2) is 6.07 Å². The maximum absolute atomic E-state index is 11.0. The summed E-state index contributed by atoms with van der Waals surface area (Å²) in [5.74, 6) is 0.312. The van der Waals surface area contributed by atoms with Gasteiger partial charge in [0.2, 0.25) is 5.91 Å². The van der Waals surface area contributed by atoms with Crippen molar-refractivity contribution in [2.45, 2.75) is 45.1 Å². The minimum absolute atomic E-state index is 0.102. The lowest BCUT2D eigenvalue weighted by atomic mass is 9.94. The molecule has 1 heterocycles. The van der Waals surface area contributed by atoms with Gasteiger partial charge in [-0.05, 0) is 44.2 Å². The van der Waals surface area contributed by atoms with Crippen LogP contribution in [0.4, 0.5) is 5.82 Å². The van der Waals surface area contributed by atoms with E-state index in [4.69, 9.17) is 23.7 Å². The van der Waals surface area contributed by atoms with Crippen LogP contribution in [0.2, 0.25) is 0 Å². The highest BCUT2D eigenvalue weighted by Crippen LogP contribution is 2.25. The second kappa shape index (κ2) is 6.17. The van der Waals surface area contributed by atoms with Crippen molar-refractivity contribution < 1.29 is 4.79 Å². The Morgan fingerprint density at radius 3 is 2.80 bits per heavy atom. The number of pyridine rings is 1. The summed E-state index contributed by atoms with van der Waals surface area (Å²) < 4.78 is 0. The first-order valence-corrected chi connectivity index (χ1v) is 7.25. The molecule has 108 valence electrons. The van der Waals surface area contributed by atoms with Gasteiger partial charge in [0.1, 0.15) is 10.8 Å². The van der Waals surface area contributed by atoms with Crippen LogP contribution in [0, 0.1) is 0 Å². The van der Waals surface area contributed by atoms with E-state index in [0.717, 1.165) is 30.5 Å². The monoisotopic (exact) mass is 292 g/mol. The fourth-order valence-electron chi connectivity index (χ4n) is 2.52. The summed E-state index contributed by atoms with van der Waals surface area (Å²) in [7, 11) is 0. The van der Waals surface area contributed by atoms with Gasteiger partial charge in [-0.25, -0.2) is 4.98 Å². The predicted octanol–water partition coefficient (Wildman–Crippen LogP) is 1.27. The van der Waals surface area contributed by atoms with E-state index in [2.05, 4.69) is 10.3 Å². The molecule has 1 aromatic rings. The molecular formula is C14H20N4OS. The van der Waals surface area contributed by atoms with E-state index in [0.29, 0.717) is 10.8 Å². The SMILES string of the molecule is CC(CC(N)=O)Nc1nc2c(cc1C(N)=S)CCCC2. The summed E-state index contributed by atoms with van der Waals surface area (Å²) in [5, 5.41) is 3.19. The molecule has 1 aliphatic rings. The van der Waals surface area contributed by atoms with E-state index in [1.54, 1.807) is 0 Å². The maximum Gasteiger partial charge on any atom is 0.219 e. The second-order valence-electron chi connectivity index (χ2n) is 5.28. The van der Waals surface area contributed by atoms with Crippen LogP contribution >= 0.6 is 12.2 Å². The molecule has 6 heteroatoms. The number of nitrogens with zero attached hydrogens (tertiary/aromatic N) is 1. The molecule has 0 aliphatic heterocycles. The summed E-state index contributed by atoms with van der Waals surface area (Å²) in [5.41, 5.74) is 14.1. The lowest BCUT2D eigenvalue weighted by Gasteiger charge is -2.21. The molecule has 0 spiro atoms. The molecule has 0 saturated carbocycles. The molecule has 1 aromatic heterocycles. The molecule has 1 amide bonds. The minimum Gasteiger partial charge on any atom is -0.389 e. The van der Waals surface area contributed by atoms with Gasteiger partial charge in [-0.3, -0.25) is 4.79 Å². The number of nitrogens with two attached hydrogens (primary N) is 2. The molecular weight excluding hydrogens is 272 g/mol. The second-order valence-corrected chi connectivity index (χ2v) is 5.72. The van der Waals surface area contributed by atoms with Crippen LogP contribution in [0.3, 0.4) is 0 Å². The zero-order valence-corrected chi connectivity index (χ0v) is 12.4. The van der Waals surface area contributed by atoms with Crippen molar-refractivity contribution in [3.05, 3.63) is 22.9 Å². The van der Waals surface area contributed by atoms with Gasteiger partial charge in [-0.15, -0.1) is 0 Å². The summed E-state index contributed by atoms with van der Waals surface area (Å²) >= 11 is 5.10. The highest BCUT2D eigenvalue weighted by molar-refractivity contribution is 7.80. The molecule has 1 atom stereocenters. The Hall–Kier alpha value is -1.69. The van der Waals surface area contributed by atoms with Crippen molar-refractivity contribution in [2.24, 2.45) is 11.5 Å². The van der Waals surface area contributed by atoms with E-state index in [-0.39, 0.29) is 18.4 Å². The van der Waals surface area contributed by atoms with E-state index in [1.807, 2.05) is 13.0 Å². The first-order valence-electron chi connectivity index (χ1n) is 6.85. The van der Waals surface area contributed by atoms with Crippen LogP contribution in [0.1, 0.15) is 43.0 Å². The zero-order chi connectivity index (χ0) is 14.7. The van der Waals surface area contributed by atoms with E-state index in [9.17, 15) is 4.79 Å². The average molecular weight is 292 g/mol. The quantitative estimate of drug-likeness (QED) is 0.711. The van der Waals surface area contributed by atoms with E-state index >= 15 is 0 Å². The Balaban J connectivity index is 2.30. The number of anilines is 1. The molecule has 0 bridgehead atoms. The third-order valence-electron chi connectivity index (χ3n) is 3.46. The number of amides is 1. The molecule has 0 saturated heterocycles. The number of primary amides is 1. The van der Waals surface area contributed by atoms with Crippen molar-refractivity contribution in [3.8, 4) is 0 Å². The maximum atomic E-state index is 11.0. The normalized spacial score (nSPS) is 15.2. The van der Waals surface area contributed by atoms with Crippen LogP contribution < -0.4 is 16.8 Å². The lowest BCUT2D eigenvalue weighted by Crippen LogP contribution is -2.26. The number of aromatic nitrogens is 1. The third-order valence-corrected chi connectivity index (χ3v) is 3.68. The van der Waals surface area contributed by atoms with Gasteiger partial charge in [-0.2, -0.15) is 0 Å². The highest BCUT2D eigenvalue weighted by Gasteiger charge is 2.18. The topological polar surface area (TPSA) is 94.0 Å². The Morgan fingerprint density at radius 1 is 1.45 bits per heavy atom. The van der Waals surface area contributed by atoms with Crippen molar-refractivity contribution in [1.29, 1.82) is 0 Å². The van der Waals surface area contributed by atoms with Crippen molar-refractivity contribution in [3.63, 3.8) is 0 Å².